The van der Waals surface area contributed by atoms with E-state index in [-0.39, 0.29) is 23.0 Å². The molecule has 0 aliphatic rings. The van der Waals surface area contributed by atoms with Crippen molar-refractivity contribution in [3.05, 3.63) is 12.2 Å². The highest BCUT2D eigenvalue weighted by Crippen LogP contribution is 2.38. The molecule has 0 bridgehead atoms. The van der Waals surface area contributed by atoms with Crippen molar-refractivity contribution in [3.8, 4) is 0 Å². The van der Waals surface area contributed by atoms with Crippen LogP contribution >= 0.6 is 0 Å². The van der Waals surface area contributed by atoms with Crippen molar-refractivity contribution in [1.29, 1.82) is 0 Å². The maximum absolute atomic E-state index is 12.0. The number of carbonyl (C=O) groups is 1. The van der Waals surface area contributed by atoms with E-state index in [1.165, 1.54) is 0 Å². The number of ether oxygens (including phenoxy) is 1. The van der Waals surface area contributed by atoms with E-state index in [9.17, 15) is 4.79 Å². The molecule has 0 aromatic heterocycles. The molecule has 3 nitrogen and oxygen atoms in total. The Kier molecular flexibility index (Phi) is 8.25. The van der Waals surface area contributed by atoms with Gasteiger partial charge in [0.15, 0.2) is 8.32 Å². The van der Waals surface area contributed by atoms with E-state index in [2.05, 4.69) is 59.9 Å². The van der Waals surface area contributed by atoms with E-state index < -0.39 is 13.7 Å². The Balaban J connectivity index is 4.97. The molecule has 23 heavy (non-hydrogen) atoms. The maximum Gasteiger partial charge on any atom is 0.311 e. The molecular weight excluding hydrogens is 304 g/mol. The molecule has 0 N–H and O–H groups in total. The summed E-state index contributed by atoms with van der Waals surface area (Å²) in [5.41, 5.74) is -0.464. The van der Waals surface area contributed by atoms with Crippen molar-refractivity contribution >= 4 is 14.3 Å². The van der Waals surface area contributed by atoms with Gasteiger partial charge in [-0.25, -0.2) is 0 Å². The molecule has 0 aliphatic carbocycles. The quantitative estimate of drug-likeness (QED) is 0.345. The number of carbonyl (C=O) groups excluding carboxylic acids is 1. The normalized spacial score (nSPS) is 16.4. The van der Waals surface area contributed by atoms with Crippen LogP contribution in [0.5, 0.6) is 0 Å². The highest BCUT2D eigenvalue weighted by Gasteiger charge is 2.39. The van der Waals surface area contributed by atoms with Gasteiger partial charge in [0.1, 0.15) is 0 Å². The van der Waals surface area contributed by atoms with Crippen LogP contribution in [0.2, 0.25) is 18.1 Å². The molecule has 4 heteroatoms. The highest BCUT2D eigenvalue weighted by atomic mass is 28.4. The highest BCUT2D eigenvalue weighted by molar-refractivity contribution is 6.74. The fourth-order valence-corrected chi connectivity index (χ4v) is 3.00. The molecule has 0 fully saturated rings. The molecule has 0 amide bonds. The van der Waals surface area contributed by atoms with Gasteiger partial charge in [-0.1, -0.05) is 46.8 Å². The first kappa shape index (κ1) is 22.4. The van der Waals surface area contributed by atoms with Gasteiger partial charge >= 0.3 is 5.97 Å². The summed E-state index contributed by atoms with van der Waals surface area (Å²) in [6, 6.07) is 0. The number of esters is 1. The second-order valence-corrected chi connectivity index (χ2v) is 13.8. The smallest absolute Gasteiger partial charge is 0.311 e. The third kappa shape index (κ3) is 7.66. The summed E-state index contributed by atoms with van der Waals surface area (Å²) in [6.07, 6.45) is 5.24. The second kappa shape index (κ2) is 8.47. The standard InChI is InChI=1S/C19H38O3Si/c1-11-12-13-16(22-23(9,10)19(6,7)8)15(2)14-21-17(20)18(3,4)5/h12-13,15-16H,11,14H2,1-10H3/b13-12+/t15-,16-/m0/s1. The summed E-state index contributed by atoms with van der Waals surface area (Å²) in [5, 5.41) is 0.160. The van der Waals surface area contributed by atoms with Crippen LogP contribution in [-0.2, 0) is 14.0 Å². The Morgan fingerprint density at radius 2 is 1.65 bits per heavy atom. The van der Waals surface area contributed by atoms with Gasteiger partial charge in [-0.3, -0.25) is 4.79 Å². The van der Waals surface area contributed by atoms with Gasteiger partial charge in [-0.15, -0.1) is 0 Å². The van der Waals surface area contributed by atoms with Crippen LogP contribution in [-0.4, -0.2) is 27.0 Å². The van der Waals surface area contributed by atoms with E-state index in [4.69, 9.17) is 9.16 Å². The average Bonchev–Trinajstić information content (AvgIpc) is 2.37. The number of allylic oxidation sites excluding steroid dienone is 1. The second-order valence-electron chi connectivity index (χ2n) is 9.00. The van der Waals surface area contributed by atoms with Gasteiger partial charge in [0.05, 0.1) is 18.1 Å². The Bertz CT molecular complexity index is 400. The zero-order valence-electron chi connectivity index (χ0n) is 16.9. The Morgan fingerprint density at radius 1 is 1.13 bits per heavy atom. The van der Waals surface area contributed by atoms with Gasteiger partial charge in [-0.2, -0.15) is 0 Å². The van der Waals surface area contributed by atoms with Crippen LogP contribution in [0, 0.1) is 11.3 Å². The van der Waals surface area contributed by atoms with Gasteiger partial charge in [-0.05, 0) is 45.3 Å². The van der Waals surface area contributed by atoms with Gasteiger partial charge < -0.3 is 9.16 Å². The number of rotatable bonds is 7. The Labute approximate surface area is 145 Å². The summed E-state index contributed by atoms with van der Waals surface area (Å²) < 4.78 is 12.0. The summed E-state index contributed by atoms with van der Waals surface area (Å²) in [5.74, 6) is -0.0203. The SMILES string of the molecule is CC/C=C/[C@H](O[Si](C)(C)C(C)(C)C)[C@@H](C)COC(=O)C(C)(C)C. The van der Waals surface area contributed by atoms with Crippen molar-refractivity contribution in [2.24, 2.45) is 11.3 Å². The van der Waals surface area contributed by atoms with Crippen LogP contribution in [0.3, 0.4) is 0 Å². The predicted molar refractivity (Wildman–Crippen MR) is 101 cm³/mol. The lowest BCUT2D eigenvalue weighted by Crippen LogP contribution is -2.45. The van der Waals surface area contributed by atoms with Crippen LogP contribution < -0.4 is 0 Å². The predicted octanol–water partition coefficient (Wildman–Crippen LogP) is 5.57. The first-order valence-corrected chi connectivity index (χ1v) is 11.6. The summed E-state index contributed by atoms with van der Waals surface area (Å²) >= 11 is 0. The molecule has 0 rings (SSSR count). The lowest BCUT2D eigenvalue weighted by molar-refractivity contribution is -0.154. The zero-order valence-corrected chi connectivity index (χ0v) is 17.9. The van der Waals surface area contributed by atoms with Gasteiger partial charge in [0.2, 0.25) is 0 Å². The molecule has 0 spiro atoms. The van der Waals surface area contributed by atoms with E-state index in [0.29, 0.717) is 6.61 Å². The van der Waals surface area contributed by atoms with E-state index >= 15 is 0 Å². The van der Waals surface area contributed by atoms with Crippen molar-refractivity contribution in [1.82, 2.24) is 0 Å². The molecule has 0 unspecified atom stereocenters. The lowest BCUT2D eigenvalue weighted by Gasteiger charge is -2.40. The molecule has 0 aliphatic heterocycles. The van der Waals surface area contributed by atoms with E-state index in [1.807, 2.05) is 20.8 Å². The largest absolute Gasteiger partial charge is 0.465 e. The monoisotopic (exact) mass is 342 g/mol. The average molecular weight is 343 g/mol. The van der Waals surface area contributed by atoms with Gasteiger partial charge in [0, 0.05) is 5.92 Å². The molecule has 0 saturated carbocycles. The fraction of sp³-hybridized carbons (Fsp3) is 0.842. The minimum absolute atomic E-state index is 0.0105. The molecule has 0 aromatic carbocycles. The van der Waals surface area contributed by atoms with E-state index in [1.54, 1.807) is 0 Å². The van der Waals surface area contributed by atoms with Crippen LogP contribution in [0.15, 0.2) is 12.2 Å². The summed E-state index contributed by atoms with van der Waals surface area (Å²) in [4.78, 5) is 12.0. The maximum atomic E-state index is 12.0. The number of hydrogen-bond donors (Lipinski definition) is 0. The van der Waals surface area contributed by atoms with Crippen LogP contribution in [0.4, 0.5) is 0 Å². The van der Waals surface area contributed by atoms with Crippen molar-refractivity contribution in [2.75, 3.05) is 6.61 Å². The van der Waals surface area contributed by atoms with Gasteiger partial charge in [0.25, 0.3) is 0 Å². The third-order valence-electron chi connectivity index (χ3n) is 4.45. The molecule has 2 atom stereocenters. The lowest BCUT2D eigenvalue weighted by atomic mass is 9.97. The Hall–Kier alpha value is -0.613. The molecule has 136 valence electrons. The fourth-order valence-electron chi connectivity index (χ4n) is 1.65. The van der Waals surface area contributed by atoms with Crippen LogP contribution in [0.25, 0.3) is 0 Å². The third-order valence-corrected chi connectivity index (χ3v) is 8.92. The minimum atomic E-state index is -1.87. The first-order chi connectivity index (χ1) is 10.2. The van der Waals surface area contributed by atoms with Crippen molar-refractivity contribution in [3.63, 3.8) is 0 Å². The summed E-state index contributed by atoms with van der Waals surface area (Å²) in [6.45, 7) is 21.5. The molecule has 0 aromatic rings. The minimum Gasteiger partial charge on any atom is -0.465 e. The number of hydrogen-bond acceptors (Lipinski definition) is 3. The van der Waals surface area contributed by atoms with Crippen molar-refractivity contribution in [2.45, 2.75) is 86.0 Å². The molecule has 0 radical (unpaired) electrons. The summed E-state index contributed by atoms with van der Waals surface area (Å²) in [7, 11) is -1.87. The molecular formula is C19H38O3Si. The van der Waals surface area contributed by atoms with E-state index in [0.717, 1.165) is 6.42 Å². The molecule has 0 saturated heterocycles. The van der Waals surface area contributed by atoms with Crippen molar-refractivity contribution < 1.29 is 14.0 Å². The zero-order chi connectivity index (χ0) is 18.5. The topological polar surface area (TPSA) is 35.5 Å². The molecule has 0 heterocycles. The first-order valence-electron chi connectivity index (χ1n) is 8.74. The Morgan fingerprint density at radius 3 is 2.04 bits per heavy atom. The van der Waals surface area contributed by atoms with Crippen LogP contribution in [0.1, 0.15) is 61.8 Å².